The number of hydrogen-bond donors (Lipinski definition) is 3. The molecule has 1 unspecified atom stereocenters. The molecule has 3 heterocycles. The van der Waals surface area contributed by atoms with Crippen LogP contribution >= 0.6 is 0 Å². The van der Waals surface area contributed by atoms with Crippen LogP contribution in [0.15, 0.2) is 53.7 Å². The van der Waals surface area contributed by atoms with E-state index in [1.807, 2.05) is 6.07 Å². The van der Waals surface area contributed by atoms with Crippen molar-refractivity contribution in [3.63, 3.8) is 0 Å². The van der Waals surface area contributed by atoms with Gasteiger partial charge in [0.2, 0.25) is 5.91 Å². The number of benzene rings is 2. The molecule has 1 spiro atoms. The highest BCUT2D eigenvalue weighted by Gasteiger charge is 2.43. The molecule has 212 valence electrons. The third-order valence-corrected chi connectivity index (χ3v) is 8.03. The van der Waals surface area contributed by atoms with Crippen LogP contribution in [0.25, 0.3) is 0 Å². The van der Waals surface area contributed by atoms with Gasteiger partial charge in [0.05, 0.1) is 17.8 Å². The molecule has 1 atom stereocenters. The molecule has 40 heavy (non-hydrogen) atoms. The van der Waals surface area contributed by atoms with Crippen molar-refractivity contribution in [1.82, 2.24) is 20.4 Å². The molecular formula is C29H33F2N5O4. The number of urea groups is 2. The van der Waals surface area contributed by atoms with Gasteiger partial charge < -0.3 is 26.0 Å². The molecule has 5 rings (SSSR count). The topological polar surface area (TPSA) is 117 Å². The third kappa shape index (κ3) is 5.18. The number of piperidine rings is 1. The minimum absolute atomic E-state index is 0.0544. The number of carbonyl (C=O) groups excluding carboxylic acids is 3. The first-order valence-corrected chi connectivity index (χ1v) is 13.5. The molecule has 11 heteroatoms. The average molecular weight is 554 g/mol. The number of nitrogens with two attached hydrogens (primary N) is 1. The van der Waals surface area contributed by atoms with E-state index in [0.717, 1.165) is 49.5 Å². The zero-order chi connectivity index (χ0) is 28.4. The number of rotatable bonds is 7. The third-order valence-electron chi connectivity index (χ3n) is 8.03. The zero-order valence-corrected chi connectivity index (χ0v) is 22.3. The second-order valence-corrected chi connectivity index (χ2v) is 10.4. The molecular weight excluding hydrogens is 520 g/mol. The Morgan fingerprint density at radius 1 is 1.15 bits per heavy atom. The maximum Gasteiger partial charge on any atom is 0.330 e. The highest BCUT2D eigenvalue weighted by atomic mass is 19.2. The first-order valence-electron chi connectivity index (χ1n) is 13.5. The van der Waals surface area contributed by atoms with Crippen LogP contribution in [0.5, 0.6) is 0 Å². The molecule has 0 saturated carbocycles. The summed E-state index contributed by atoms with van der Waals surface area (Å²) in [7, 11) is 0. The number of halogens is 2. The number of nitrogens with one attached hydrogen (secondary N) is 2. The number of primary amides is 1. The summed E-state index contributed by atoms with van der Waals surface area (Å²) in [6.45, 7) is 5.08. The molecule has 3 aliphatic rings. The van der Waals surface area contributed by atoms with Gasteiger partial charge in [0, 0.05) is 25.3 Å². The van der Waals surface area contributed by atoms with E-state index >= 15 is 0 Å². The molecule has 0 bridgehead atoms. The standard InChI is InChI=1S/C29H33F2N5O4/c1-2-23-24(26(32)37)25(18-8-9-21(30)22(31)16-18)36(28(39)34-23)27(38)33-12-5-13-35-14-10-29(11-15-35)20-7-4-3-6-19(20)17-40-29/h3-4,6-9,16,25H,2,5,10-15,17H2,1H3,(H2,32,37)(H,33,38)(H,34,39). The van der Waals surface area contributed by atoms with E-state index < -0.39 is 35.6 Å². The smallest absolute Gasteiger partial charge is 0.330 e. The van der Waals surface area contributed by atoms with E-state index in [4.69, 9.17) is 10.5 Å². The van der Waals surface area contributed by atoms with E-state index in [9.17, 15) is 23.2 Å². The summed E-state index contributed by atoms with van der Waals surface area (Å²) in [6.07, 6.45) is 2.65. The summed E-state index contributed by atoms with van der Waals surface area (Å²) >= 11 is 0. The van der Waals surface area contributed by atoms with Crippen LogP contribution in [0.3, 0.4) is 0 Å². The van der Waals surface area contributed by atoms with Crippen molar-refractivity contribution in [3.05, 3.63) is 82.1 Å². The first kappa shape index (κ1) is 27.7. The lowest BCUT2D eigenvalue weighted by atomic mass is 9.84. The predicted octanol–water partition coefficient (Wildman–Crippen LogP) is 3.80. The number of imide groups is 1. The van der Waals surface area contributed by atoms with Crippen LogP contribution in [-0.2, 0) is 21.7 Å². The van der Waals surface area contributed by atoms with Crippen LogP contribution < -0.4 is 16.4 Å². The van der Waals surface area contributed by atoms with Gasteiger partial charge in [0.15, 0.2) is 11.6 Å². The number of amides is 5. The Morgan fingerprint density at radius 3 is 2.60 bits per heavy atom. The molecule has 3 aliphatic heterocycles. The van der Waals surface area contributed by atoms with Crippen molar-refractivity contribution in [1.29, 1.82) is 0 Å². The molecule has 4 N–H and O–H groups in total. The first-order chi connectivity index (χ1) is 19.2. The lowest BCUT2D eigenvalue weighted by Crippen LogP contribution is -2.55. The van der Waals surface area contributed by atoms with Gasteiger partial charge in [-0.05, 0) is 61.1 Å². The summed E-state index contributed by atoms with van der Waals surface area (Å²) in [6, 6.07) is 8.48. The molecule has 1 fully saturated rings. The van der Waals surface area contributed by atoms with Crippen LogP contribution in [-0.4, -0.2) is 53.9 Å². The van der Waals surface area contributed by atoms with Gasteiger partial charge in [-0.15, -0.1) is 0 Å². The average Bonchev–Trinajstić information content (AvgIpc) is 3.30. The van der Waals surface area contributed by atoms with Crippen molar-refractivity contribution >= 4 is 18.0 Å². The fourth-order valence-electron chi connectivity index (χ4n) is 5.96. The number of likely N-dealkylation sites (tertiary alicyclic amines) is 1. The number of fused-ring (bicyclic) bond motifs is 2. The molecule has 2 aromatic rings. The van der Waals surface area contributed by atoms with E-state index in [1.165, 1.54) is 17.2 Å². The van der Waals surface area contributed by atoms with Crippen molar-refractivity contribution in [2.45, 2.75) is 50.9 Å². The monoisotopic (exact) mass is 553 g/mol. The summed E-state index contributed by atoms with van der Waals surface area (Å²) in [5.41, 5.74) is 8.17. The Labute approximate surface area is 231 Å². The SMILES string of the molecule is CCC1=C(C(N)=O)C(c2ccc(F)c(F)c2)N(C(=O)NCCCN2CCC3(CC2)OCc2ccccc23)C(=O)N1. The van der Waals surface area contributed by atoms with Crippen LogP contribution in [0.1, 0.15) is 55.3 Å². The molecule has 0 radical (unpaired) electrons. The molecule has 1 saturated heterocycles. The lowest BCUT2D eigenvalue weighted by molar-refractivity contribution is -0.115. The number of nitrogens with zero attached hydrogens (tertiary/aromatic N) is 2. The van der Waals surface area contributed by atoms with Crippen LogP contribution in [0.4, 0.5) is 18.4 Å². The Balaban J connectivity index is 1.21. The van der Waals surface area contributed by atoms with Crippen molar-refractivity contribution in [2.24, 2.45) is 5.73 Å². The fraction of sp³-hybridized carbons (Fsp3) is 0.414. The quantitative estimate of drug-likeness (QED) is 0.451. The molecule has 2 aromatic carbocycles. The summed E-state index contributed by atoms with van der Waals surface area (Å²) in [5, 5.41) is 5.28. The lowest BCUT2D eigenvalue weighted by Gasteiger charge is -2.39. The van der Waals surface area contributed by atoms with Crippen LogP contribution in [0.2, 0.25) is 0 Å². The second kappa shape index (κ2) is 11.3. The van der Waals surface area contributed by atoms with Crippen LogP contribution in [0, 0.1) is 11.6 Å². The van der Waals surface area contributed by atoms with Gasteiger partial charge in [-0.2, -0.15) is 0 Å². The molecule has 5 amide bonds. The Morgan fingerprint density at radius 2 is 1.90 bits per heavy atom. The van der Waals surface area contributed by atoms with Gasteiger partial charge in [-0.1, -0.05) is 37.3 Å². The zero-order valence-electron chi connectivity index (χ0n) is 22.3. The summed E-state index contributed by atoms with van der Waals surface area (Å²) < 4.78 is 34.0. The maximum absolute atomic E-state index is 14.1. The van der Waals surface area contributed by atoms with Crippen molar-refractivity contribution in [2.75, 3.05) is 26.2 Å². The van der Waals surface area contributed by atoms with Gasteiger partial charge in [0.25, 0.3) is 0 Å². The highest BCUT2D eigenvalue weighted by Crippen LogP contribution is 2.44. The van der Waals surface area contributed by atoms with Crippen molar-refractivity contribution < 1.29 is 27.9 Å². The molecule has 0 aromatic heterocycles. The van der Waals surface area contributed by atoms with E-state index in [0.29, 0.717) is 13.0 Å². The Bertz CT molecular complexity index is 1360. The van der Waals surface area contributed by atoms with E-state index in [1.54, 1.807) is 6.92 Å². The van der Waals surface area contributed by atoms with E-state index in [-0.39, 0.29) is 35.4 Å². The molecule has 0 aliphatic carbocycles. The summed E-state index contributed by atoms with van der Waals surface area (Å²) in [5.74, 6) is -3.13. The second-order valence-electron chi connectivity index (χ2n) is 10.4. The predicted molar refractivity (Wildman–Crippen MR) is 143 cm³/mol. The number of allylic oxidation sites excluding steroid dienone is 1. The fourth-order valence-corrected chi connectivity index (χ4v) is 5.96. The van der Waals surface area contributed by atoms with Gasteiger partial charge in [-0.25, -0.2) is 23.3 Å². The number of hydrogen-bond acceptors (Lipinski definition) is 5. The normalized spacial score (nSPS) is 20.4. The molecule has 9 nitrogen and oxygen atoms in total. The minimum atomic E-state index is -1.30. The maximum atomic E-state index is 14.1. The van der Waals surface area contributed by atoms with Crippen molar-refractivity contribution in [3.8, 4) is 0 Å². The summed E-state index contributed by atoms with van der Waals surface area (Å²) in [4.78, 5) is 41.7. The largest absolute Gasteiger partial charge is 0.366 e. The van der Waals surface area contributed by atoms with E-state index in [2.05, 4.69) is 33.7 Å². The number of carbonyl (C=O) groups is 3. The van der Waals surface area contributed by atoms with Gasteiger partial charge in [-0.3, -0.25) is 4.79 Å². The Hall–Kier alpha value is -3.83. The van der Waals surface area contributed by atoms with Gasteiger partial charge in [0.1, 0.15) is 6.04 Å². The number of ether oxygens (including phenoxy) is 1. The minimum Gasteiger partial charge on any atom is -0.366 e. The highest BCUT2D eigenvalue weighted by molar-refractivity contribution is 6.02. The Kier molecular flexibility index (Phi) is 7.86. The van der Waals surface area contributed by atoms with Gasteiger partial charge >= 0.3 is 12.1 Å².